The number of rotatable bonds is 15. The molecule has 0 aromatic heterocycles. The lowest BCUT2D eigenvalue weighted by atomic mass is 9.91. The van der Waals surface area contributed by atoms with Crippen LogP contribution < -0.4 is 20.7 Å². The van der Waals surface area contributed by atoms with Gasteiger partial charge in [0.2, 0.25) is 35.4 Å². The number of amides is 7. The predicted molar refractivity (Wildman–Crippen MR) is 290 cm³/mol. The number of aliphatic hydroxyl groups excluding tert-OH is 2. The molecule has 3 fully saturated rings. The van der Waals surface area contributed by atoms with E-state index in [1.165, 1.54) is 61.6 Å². The summed E-state index contributed by atoms with van der Waals surface area (Å²) < 4.78 is 17.2. The summed E-state index contributed by atoms with van der Waals surface area (Å²) in [4.78, 5) is 149. The summed E-state index contributed by atoms with van der Waals surface area (Å²) in [6.45, 7) is 18.4. The van der Waals surface area contributed by atoms with Crippen molar-refractivity contribution < 1.29 is 72.4 Å². The Labute approximate surface area is 465 Å². The summed E-state index contributed by atoms with van der Waals surface area (Å²) in [6, 6.07) is -2.19. The smallest absolute Gasteiger partial charge is 0.329 e. The maximum absolute atomic E-state index is 15.0. The van der Waals surface area contributed by atoms with Crippen LogP contribution in [0.2, 0.25) is 0 Å². The Balaban J connectivity index is 1.89. The second kappa shape index (κ2) is 29.3. The third kappa shape index (κ3) is 16.9. The predicted octanol–water partition coefficient (Wildman–Crippen LogP) is 2.32. The molecule has 3 aliphatic rings. The normalized spacial score (nSPS) is 27.7. The lowest BCUT2D eigenvalue weighted by Gasteiger charge is -2.36. The molecular weight excluding hydrogens is 1020 g/mol. The molecule has 1 aromatic carbocycles. The highest BCUT2D eigenvalue weighted by atomic mass is 16.6. The van der Waals surface area contributed by atoms with Crippen molar-refractivity contribution in [3.63, 3.8) is 0 Å². The van der Waals surface area contributed by atoms with Crippen LogP contribution in [-0.4, -0.2) is 190 Å². The molecule has 79 heavy (non-hydrogen) atoms. The molecule has 0 bridgehead atoms. The van der Waals surface area contributed by atoms with E-state index in [1.807, 2.05) is 27.7 Å². The number of ketones is 1. The monoisotopic (exact) mass is 1110 g/mol. The van der Waals surface area contributed by atoms with Crippen LogP contribution in [0.25, 0.3) is 0 Å². The molecule has 22 nitrogen and oxygen atoms in total. The molecule has 0 radical (unpaired) electrons. The number of benzene rings is 1. The number of likely N-dealkylation sites (N-methyl/N-ethyl adjacent to an activating group) is 2. The van der Waals surface area contributed by atoms with Crippen LogP contribution in [0.4, 0.5) is 0 Å². The Morgan fingerprint density at radius 2 is 1.49 bits per heavy atom. The van der Waals surface area contributed by atoms with Crippen molar-refractivity contribution in [1.29, 1.82) is 0 Å². The highest BCUT2D eigenvalue weighted by Gasteiger charge is 2.46. The molecule has 3 aliphatic heterocycles. The highest BCUT2D eigenvalue weighted by Crippen LogP contribution is 2.27. The summed E-state index contributed by atoms with van der Waals surface area (Å²) in [5.74, 6) is -10.3. The van der Waals surface area contributed by atoms with Gasteiger partial charge in [0.05, 0.1) is 31.6 Å². The van der Waals surface area contributed by atoms with Gasteiger partial charge in [-0.3, -0.25) is 43.2 Å². The summed E-state index contributed by atoms with van der Waals surface area (Å²) in [5, 5.41) is 30.2. The Bertz CT molecular complexity index is 2330. The molecule has 7 amide bonds. The van der Waals surface area contributed by atoms with Gasteiger partial charge in [-0.15, -0.1) is 0 Å². The first-order valence-electron chi connectivity index (χ1n) is 28.0. The van der Waals surface area contributed by atoms with E-state index < -0.39 is 150 Å². The molecule has 4 rings (SSSR count). The first kappa shape index (κ1) is 65.4. The number of ether oxygens (including phenoxy) is 3. The topological polar surface area (TPSA) is 288 Å². The number of carbonyl (C=O) groups excluding carboxylic acids is 10. The van der Waals surface area contributed by atoms with E-state index in [0.717, 1.165) is 0 Å². The number of likely N-dealkylation sites (tertiary alicyclic amines) is 1. The number of Topliss-reactive ketones (excluding diaryl/α,β-unsaturated/α-hetero) is 1. The van der Waals surface area contributed by atoms with Crippen LogP contribution in [0.1, 0.15) is 133 Å². The average Bonchev–Trinajstić information content (AvgIpc) is 4.13. The fourth-order valence-electron chi connectivity index (χ4n) is 10.5. The Hall–Kier alpha value is -6.16. The minimum absolute atomic E-state index is 0.0720. The van der Waals surface area contributed by atoms with Crippen molar-refractivity contribution in [3.05, 3.63) is 29.8 Å². The number of fused-ring (bicyclic) bond motifs is 1. The number of methoxy groups -OCH3 is 1. The minimum atomic E-state index is -1.76. The van der Waals surface area contributed by atoms with E-state index in [4.69, 9.17) is 14.2 Å². The van der Waals surface area contributed by atoms with Gasteiger partial charge in [-0.25, -0.2) is 4.79 Å². The van der Waals surface area contributed by atoms with Crippen molar-refractivity contribution in [2.75, 3.05) is 34.3 Å². The summed E-state index contributed by atoms with van der Waals surface area (Å²) >= 11 is 0. The molecule has 22 heteroatoms. The van der Waals surface area contributed by atoms with Gasteiger partial charge in [-0.1, -0.05) is 73.9 Å². The van der Waals surface area contributed by atoms with E-state index in [0.29, 0.717) is 30.6 Å². The average molecular weight is 1110 g/mol. The van der Waals surface area contributed by atoms with Crippen molar-refractivity contribution >= 4 is 59.1 Å². The van der Waals surface area contributed by atoms with E-state index in [1.54, 1.807) is 52.0 Å². The molecule has 442 valence electrons. The number of aliphatic hydroxyl groups is 2. The molecule has 5 N–H and O–H groups in total. The zero-order chi connectivity index (χ0) is 59.3. The summed E-state index contributed by atoms with van der Waals surface area (Å²) in [7, 11) is 4.29. The molecule has 3 heterocycles. The molecule has 1 aromatic rings. The zero-order valence-corrected chi connectivity index (χ0v) is 48.8. The molecule has 13 atom stereocenters. The quantitative estimate of drug-likeness (QED) is 0.124. The van der Waals surface area contributed by atoms with Crippen molar-refractivity contribution in [1.82, 2.24) is 35.6 Å². The van der Waals surface area contributed by atoms with Crippen LogP contribution in [0.5, 0.6) is 5.75 Å². The van der Waals surface area contributed by atoms with Crippen LogP contribution in [-0.2, 0) is 63.8 Å². The van der Waals surface area contributed by atoms with E-state index in [-0.39, 0.29) is 57.0 Å². The van der Waals surface area contributed by atoms with Gasteiger partial charge in [0.25, 0.3) is 5.91 Å². The van der Waals surface area contributed by atoms with Crippen LogP contribution in [0.15, 0.2) is 24.3 Å². The Kier molecular flexibility index (Phi) is 24.3. The van der Waals surface area contributed by atoms with Crippen LogP contribution in [0.3, 0.4) is 0 Å². The molecule has 0 saturated carbocycles. The lowest BCUT2D eigenvalue weighted by Crippen LogP contribution is -2.62. The number of nitrogens with one attached hydrogen (secondary N) is 3. The SMILES string of the molecule is CC[C@@H](C)[C@@H]1NC(=O)C(NC(=O)C(CC(C)C)N(C)C(=O)C2CCCN2C(=O)C(C)O)C(C)OC(=O)C(Cc2ccc(OC)cc2)N(C)C(=O)C2CCCN2C(=O)C(CC(C)C)NC(=O)C(C)C(=O)C(C(C)C)OC(=O)C[C@H]1O. The number of carbonyl (C=O) groups is 10. The van der Waals surface area contributed by atoms with E-state index in [9.17, 15) is 53.4 Å². The van der Waals surface area contributed by atoms with Crippen LogP contribution in [0, 0.1) is 29.6 Å². The van der Waals surface area contributed by atoms with Gasteiger partial charge < -0.3 is 60.0 Å². The first-order chi connectivity index (χ1) is 37.0. The molecule has 0 spiro atoms. The zero-order valence-electron chi connectivity index (χ0n) is 48.8. The summed E-state index contributed by atoms with van der Waals surface area (Å²) in [6.07, 6.45) is -4.99. The van der Waals surface area contributed by atoms with Gasteiger partial charge >= 0.3 is 11.9 Å². The minimum Gasteiger partial charge on any atom is -0.497 e. The standard InChI is InChI=1S/C57H89N7O15/c1-15-33(8)46-44(66)29-45(67)79-49(32(6)7)48(68)34(9)50(69)58-39(26-30(2)3)54(73)64-25-17-19-41(64)56(75)62(13)43(28-37-20-22-38(77-14)23-21-37)57(76)78-36(11)47(52(71)59-46)60-51(70)42(27-31(4)5)61(12)55(74)40-18-16-24-63(40)53(72)35(10)65/h20-23,30-36,39-44,46-47,49,65-66H,15-19,24-29H2,1-14H3,(H,58,69)(H,59,71)(H,60,70)/t33-,34?,35?,36?,39?,40?,41?,42?,43?,44-,46+,47?,49?/m1/s1. The highest BCUT2D eigenvalue weighted by molar-refractivity contribution is 6.05. The fraction of sp³-hybridized carbons (Fsp3) is 0.719. The number of esters is 2. The van der Waals surface area contributed by atoms with Gasteiger partial charge in [0.15, 0.2) is 11.9 Å². The van der Waals surface area contributed by atoms with Crippen molar-refractivity contribution in [2.45, 2.75) is 201 Å². The Morgan fingerprint density at radius 3 is 2.06 bits per heavy atom. The number of hydrogen-bond donors (Lipinski definition) is 5. The largest absolute Gasteiger partial charge is 0.497 e. The Morgan fingerprint density at radius 1 is 0.861 bits per heavy atom. The first-order valence-corrected chi connectivity index (χ1v) is 28.0. The maximum Gasteiger partial charge on any atom is 0.329 e. The number of hydrogen-bond acceptors (Lipinski definition) is 15. The second-order valence-electron chi connectivity index (χ2n) is 23.0. The molecule has 3 saturated heterocycles. The van der Waals surface area contributed by atoms with Crippen molar-refractivity contribution in [2.24, 2.45) is 29.6 Å². The van der Waals surface area contributed by atoms with Gasteiger partial charge in [0, 0.05) is 33.6 Å². The van der Waals surface area contributed by atoms with E-state index in [2.05, 4.69) is 16.0 Å². The molecule has 0 aliphatic carbocycles. The van der Waals surface area contributed by atoms with Crippen molar-refractivity contribution in [3.8, 4) is 5.75 Å². The lowest BCUT2D eigenvalue weighted by molar-refractivity contribution is -0.163. The number of nitrogens with zero attached hydrogens (tertiary/aromatic N) is 4. The fourth-order valence-corrected chi connectivity index (χ4v) is 10.5. The van der Waals surface area contributed by atoms with E-state index >= 15 is 4.79 Å². The van der Waals surface area contributed by atoms with Crippen LogP contribution >= 0.6 is 0 Å². The maximum atomic E-state index is 15.0. The second-order valence-corrected chi connectivity index (χ2v) is 23.0. The third-order valence-electron chi connectivity index (χ3n) is 15.5. The van der Waals surface area contributed by atoms with Gasteiger partial charge in [-0.2, -0.15) is 0 Å². The van der Waals surface area contributed by atoms with Gasteiger partial charge in [0.1, 0.15) is 54.2 Å². The summed E-state index contributed by atoms with van der Waals surface area (Å²) in [5.41, 5.74) is 0.571. The van der Waals surface area contributed by atoms with Gasteiger partial charge in [-0.05, 0) is 101 Å². The third-order valence-corrected chi connectivity index (χ3v) is 15.5. The molecule has 10 unspecified atom stereocenters. The number of cyclic esters (lactones) is 2. The molecular formula is C57H89N7O15.